The molecule has 4 aromatic heterocycles. The maximum atomic E-state index is 14.2. The predicted molar refractivity (Wildman–Crippen MR) is 118 cm³/mol. The average molecular weight is 438 g/mol. The Balaban J connectivity index is 1.51. The lowest BCUT2D eigenvalue weighted by atomic mass is 9.92. The van der Waals surface area contributed by atoms with Crippen molar-refractivity contribution in [1.82, 2.24) is 24.3 Å². The second-order valence-electron chi connectivity index (χ2n) is 7.77. The van der Waals surface area contributed by atoms with Crippen LogP contribution in [0.15, 0.2) is 49.1 Å². The van der Waals surface area contributed by atoms with Gasteiger partial charge in [-0.2, -0.15) is 0 Å². The monoisotopic (exact) mass is 437 g/mol. The molecule has 1 aliphatic rings. The molecule has 4 heterocycles. The summed E-state index contributed by atoms with van der Waals surface area (Å²) in [6.07, 6.45) is 10.6. The van der Waals surface area contributed by atoms with Crippen LogP contribution in [0.25, 0.3) is 28.3 Å². The first-order valence-electron chi connectivity index (χ1n) is 10.2. The number of fused-ring (bicyclic) bond motifs is 1. The summed E-state index contributed by atoms with van der Waals surface area (Å²) in [6, 6.07) is 7.12. The Bertz CT molecular complexity index is 1230. The Morgan fingerprint density at radius 3 is 2.68 bits per heavy atom. The highest BCUT2D eigenvalue weighted by Crippen LogP contribution is 2.30. The summed E-state index contributed by atoms with van der Waals surface area (Å²) in [7, 11) is 0. The highest BCUT2D eigenvalue weighted by atomic mass is 35.5. The van der Waals surface area contributed by atoms with E-state index in [1.165, 1.54) is 6.07 Å². The largest absolute Gasteiger partial charge is 0.351 e. The summed E-state index contributed by atoms with van der Waals surface area (Å²) >= 11 is 6.45. The predicted octanol–water partition coefficient (Wildman–Crippen LogP) is 4.33. The number of hydrogen-bond donors (Lipinski definition) is 2. The van der Waals surface area contributed by atoms with Gasteiger partial charge in [-0.25, -0.2) is 19.3 Å². The molecule has 5 rings (SSSR count). The number of rotatable bonds is 4. The van der Waals surface area contributed by atoms with Gasteiger partial charge in [0.15, 0.2) is 0 Å². The summed E-state index contributed by atoms with van der Waals surface area (Å²) in [5.74, 6) is 0.129. The van der Waals surface area contributed by atoms with E-state index in [0.29, 0.717) is 33.6 Å². The number of anilines is 1. The van der Waals surface area contributed by atoms with Gasteiger partial charge in [-0.1, -0.05) is 11.6 Å². The van der Waals surface area contributed by atoms with Crippen LogP contribution in [0.1, 0.15) is 25.7 Å². The van der Waals surface area contributed by atoms with E-state index in [0.717, 1.165) is 25.7 Å². The number of aromatic nitrogens is 5. The minimum atomic E-state index is -0.387. The van der Waals surface area contributed by atoms with Crippen LogP contribution in [0.4, 0.5) is 10.3 Å². The van der Waals surface area contributed by atoms with Gasteiger partial charge < -0.3 is 11.1 Å². The molecule has 0 spiro atoms. The third-order valence-corrected chi connectivity index (χ3v) is 5.91. The third kappa shape index (κ3) is 3.96. The van der Waals surface area contributed by atoms with Gasteiger partial charge in [-0.15, -0.1) is 0 Å². The Labute approximate surface area is 183 Å². The molecule has 0 aromatic carbocycles. The summed E-state index contributed by atoms with van der Waals surface area (Å²) in [5, 5.41) is 3.81. The molecule has 1 saturated carbocycles. The second kappa shape index (κ2) is 8.20. The number of hydrogen-bond acceptors (Lipinski definition) is 6. The fraction of sp³-hybridized carbons (Fsp3) is 0.273. The maximum Gasteiger partial charge on any atom is 0.223 e. The van der Waals surface area contributed by atoms with Crippen LogP contribution in [0.5, 0.6) is 0 Å². The van der Waals surface area contributed by atoms with Gasteiger partial charge in [0.2, 0.25) is 5.95 Å². The number of nitrogens with two attached hydrogens (primary N) is 1. The van der Waals surface area contributed by atoms with Crippen molar-refractivity contribution in [3.63, 3.8) is 0 Å². The molecule has 0 saturated heterocycles. The highest BCUT2D eigenvalue weighted by Gasteiger charge is 2.20. The van der Waals surface area contributed by atoms with Gasteiger partial charge in [0.25, 0.3) is 0 Å². The molecule has 7 nitrogen and oxygen atoms in total. The quantitative estimate of drug-likeness (QED) is 0.493. The van der Waals surface area contributed by atoms with E-state index >= 15 is 0 Å². The number of imidazole rings is 1. The van der Waals surface area contributed by atoms with E-state index < -0.39 is 0 Å². The smallest absolute Gasteiger partial charge is 0.223 e. The van der Waals surface area contributed by atoms with E-state index in [-0.39, 0.29) is 23.6 Å². The molecule has 4 aromatic rings. The molecule has 158 valence electrons. The van der Waals surface area contributed by atoms with E-state index in [1.807, 2.05) is 10.5 Å². The lowest BCUT2D eigenvalue weighted by Crippen LogP contribution is -2.33. The van der Waals surface area contributed by atoms with Gasteiger partial charge in [-0.05, 0) is 49.9 Å². The lowest BCUT2D eigenvalue weighted by molar-refractivity contribution is 0.410. The highest BCUT2D eigenvalue weighted by molar-refractivity contribution is 6.32. The van der Waals surface area contributed by atoms with Crippen LogP contribution < -0.4 is 11.1 Å². The Morgan fingerprint density at radius 2 is 1.87 bits per heavy atom. The molecule has 1 fully saturated rings. The fourth-order valence-corrected chi connectivity index (χ4v) is 4.14. The van der Waals surface area contributed by atoms with E-state index in [9.17, 15) is 4.39 Å². The first-order chi connectivity index (χ1) is 15.1. The van der Waals surface area contributed by atoms with Gasteiger partial charge >= 0.3 is 0 Å². The third-order valence-electron chi connectivity index (χ3n) is 5.63. The van der Waals surface area contributed by atoms with Crippen LogP contribution in [0.2, 0.25) is 5.02 Å². The van der Waals surface area contributed by atoms with Crippen molar-refractivity contribution in [2.75, 3.05) is 5.32 Å². The van der Waals surface area contributed by atoms with E-state index in [4.69, 9.17) is 17.3 Å². The summed E-state index contributed by atoms with van der Waals surface area (Å²) in [5.41, 5.74) is 8.84. The number of nitrogens with one attached hydrogen (secondary N) is 1. The van der Waals surface area contributed by atoms with Crippen molar-refractivity contribution in [2.24, 2.45) is 5.73 Å². The maximum absolute atomic E-state index is 14.2. The molecule has 31 heavy (non-hydrogen) atoms. The molecule has 0 radical (unpaired) electrons. The van der Waals surface area contributed by atoms with Crippen LogP contribution >= 0.6 is 11.6 Å². The van der Waals surface area contributed by atoms with Crippen LogP contribution in [-0.4, -0.2) is 36.4 Å². The van der Waals surface area contributed by atoms with Gasteiger partial charge in [0.1, 0.15) is 22.9 Å². The lowest BCUT2D eigenvalue weighted by Gasteiger charge is -2.26. The molecular formula is C22H21ClFN7. The molecule has 0 aliphatic heterocycles. The van der Waals surface area contributed by atoms with E-state index in [1.54, 1.807) is 36.9 Å². The molecule has 0 bridgehead atoms. The van der Waals surface area contributed by atoms with E-state index in [2.05, 4.69) is 25.3 Å². The van der Waals surface area contributed by atoms with Crippen molar-refractivity contribution < 1.29 is 4.39 Å². The Kier molecular flexibility index (Phi) is 5.25. The zero-order valence-electron chi connectivity index (χ0n) is 16.7. The zero-order valence-corrected chi connectivity index (χ0v) is 17.4. The van der Waals surface area contributed by atoms with Crippen LogP contribution in [0.3, 0.4) is 0 Å². The Morgan fingerprint density at radius 1 is 1.03 bits per heavy atom. The van der Waals surface area contributed by atoms with Crippen molar-refractivity contribution in [3.05, 3.63) is 59.9 Å². The number of nitrogens with zero attached hydrogens (tertiary/aromatic N) is 5. The normalized spacial score (nSPS) is 18.9. The number of pyridine rings is 2. The average Bonchev–Trinajstić information content (AvgIpc) is 3.20. The molecule has 0 amide bonds. The summed E-state index contributed by atoms with van der Waals surface area (Å²) in [4.78, 5) is 17.6. The van der Waals surface area contributed by atoms with Gasteiger partial charge in [0.05, 0.1) is 23.1 Å². The van der Waals surface area contributed by atoms with Crippen molar-refractivity contribution in [2.45, 2.75) is 37.8 Å². The number of halogens is 2. The fourth-order valence-electron chi connectivity index (χ4n) is 3.96. The summed E-state index contributed by atoms with van der Waals surface area (Å²) in [6.45, 7) is 0. The summed E-state index contributed by atoms with van der Waals surface area (Å²) < 4.78 is 16.1. The van der Waals surface area contributed by atoms with Crippen molar-refractivity contribution in [1.29, 1.82) is 0 Å². The Hall–Kier alpha value is -3.10. The van der Waals surface area contributed by atoms with Crippen molar-refractivity contribution in [3.8, 4) is 22.6 Å². The molecule has 1 aliphatic carbocycles. The van der Waals surface area contributed by atoms with Crippen LogP contribution in [0, 0.1) is 5.82 Å². The standard InChI is InChI=1S/C22H21ClFN7/c23-16-10-28-22(29-15-6-4-14(25)5-7-15)30-21(16)18-11-27-19-8-3-13(12-31(18)19)20-17(24)2-1-9-26-20/h1-3,8-12,14-15H,4-7,25H2,(H,28,29,30). The zero-order chi connectivity index (χ0) is 21.4. The van der Waals surface area contributed by atoms with Crippen molar-refractivity contribution >= 4 is 23.2 Å². The molecule has 0 unspecified atom stereocenters. The van der Waals surface area contributed by atoms with Crippen LogP contribution in [-0.2, 0) is 0 Å². The SMILES string of the molecule is NC1CCC(Nc2ncc(Cl)c(-c3cnc4ccc(-c5ncccc5F)cn34)n2)CC1. The minimum absolute atomic E-state index is 0.274. The molecular weight excluding hydrogens is 417 g/mol. The van der Waals surface area contributed by atoms with Gasteiger partial charge in [0, 0.05) is 30.0 Å². The second-order valence-corrected chi connectivity index (χ2v) is 8.18. The molecule has 3 N–H and O–H groups in total. The topological polar surface area (TPSA) is 94.0 Å². The first kappa shape index (κ1) is 19.8. The van der Waals surface area contributed by atoms with Gasteiger partial charge in [-0.3, -0.25) is 9.38 Å². The first-order valence-corrected chi connectivity index (χ1v) is 10.6. The molecule has 0 atom stereocenters. The minimum Gasteiger partial charge on any atom is -0.351 e. The molecule has 9 heteroatoms.